The molecule has 2 aromatic rings. The van der Waals surface area contributed by atoms with Crippen LogP contribution in [0.2, 0.25) is 0 Å². The third-order valence-corrected chi connectivity index (χ3v) is 5.96. The first-order valence-electron chi connectivity index (χ1n) is 9.02. The van der Waals surface area contributed by atoms with Gasteiger partial charge in [0.05, 0.1) is 11.9 Å². The number of likely N-dealkylation sites (tertiary alicyclic amines) is 1. The summed E-state index contributed by atoms with van der Waals surface area (Å²) in [5, 5.41) is 0. The summed E-state index contributed by atoms with van der Waals surface area (Å²) in [5.41, 5.74) is 2.36. The number of fused-ring (bicyclic) bond motifs is 2. The molecule has 0 spiro atoms. The van der Waals surface area contributed by atoms with E-state index in [-0.39, 0.29) is 5.91 Å². The Morgan fingerprint density at radius 2 is 2.04 bits per heavy atom. The highest BCUT2D eigenvalue weighted by Gasteiger charge is 2.44. The molecule has 2 saturated heterocycles. The van der Waals surface area contributed by atoms with Gasteiger partial charge in [-0.25, -0.2) is 9.97 Å². The number of aromatic nitrogens is 3. The van der Waals surface area contributed by atoms with Crippen LogP contribution in [0.25, 0.3) is 11.2 Å². The topological polar surface area (TPSA) is 60.3 Å². The van der Waals surface area contributed by atoms with Gasteiger partial charge in [0.15, 0.2) is 5.65 Å². The number of carbonyl (C=O) groups excluding carboxylic acids is 1. The predicted octanol–water partition coefficient (Wildman–Crippen LogP) is 2.41. The molecule has 2 atom stereocenters. The Labute approximate surface area is 140 Å². The van der Waals surface area contributed by atoms with E-state index in [4.69, 9.17) is 4.74 Å². The van der Waals surface area contributed by atoms with E-state index in [0.717, 1.165) is 56.1 Å². The van der Waals surface area contributed by atoms with Crippen molar-refractivity contribution in [3.05, 3.63) is 24.2 Å². The average molecular weight is 326 g/mol. The third kappa shape index (κ3) is 2.16. The summed E-state index contributed by atoms with van der Waals surface area (Å²) in [6.07, 6.45) is 9.26. The molecule has 0 radical (unpaired) electrons. The number of imidazole rings is 1. The maximum atomic E-state index is 12.8. The van der Waals surface area contributed by atoms with Gasteiger partial charge in [0, 0.05) is 38.0 Å². The van der Waals surface area contributed by atoms with E-state index >= 15 is 0 Å². The molecule has 5 rings (SSSR count). The summed E-state index contributed by atoms with van der Waals surface area (Å²) in [6, 6.07) is 2.77. The molecule has 1 amide bonds. The van der Waals surface area contributed by atoms with E-state index in [1.807, 2.05) is 17.3 Å². The van der Waals surface area contributed by atoms with Gasteiger partial charge >= 0.3 is 0 Å². The first-order chi connectivity index (χ1) is 11.8. The molecule has 3 fully saturated rings. The highest BCUT2D eigenvalue weighted by atomic mass is 16.5. The smallest absolute Gasteiger partial charge is 0.255 e. The number of hydrogen-bond donors (Lipinski definition) is 0. The van der Waals surface area contributed by atoms with Crippen LogP contribution in [0.1, 0.15) is 48.5 Å². The Kier molecular flexibility index (Phi) is 3.33. The number of hydrogen-bond acceptors (Lipinski definition) is 4. The molecule has 3 aliphatic rings. The van der Waals surface area contributed by atoms with Gasteiger partial charge in [-0.2, -0.15) is 0 Å². The molecule has 126 valence electrons. The molecule has 4 heterocycles. The van der Waals surface area contributed by atoms with E-state index in [9.17, 15) is 4.79 Å². The molecule has 0 aromatic carbocycles. The van der Waals surface area contributed by atoms with Crippen LogP contribution in [-0.4, -0.2) is 51.1 Å². The number of carbonyl (C=O) groups is 1. The van der Waals surface area contributed by atoms with Gasteiger partial charge in [0.2, 0.25) is 0 Å². The quantitative estimate of drug-likeness (QED) is 0.850. The van der Waals surface area contributed by atoms with Crippen LogP contribution in [0.4, 0.5) is 0 Å². The maximum Gasteiger partial charge on any atom is 0.255 e. The highest BCUT2D eigenvalue weighted by Crippen LogP contribution is 2.39. The van der Waals surface area contributed by atoms with Gasteiger partial charge < -0.3 is 14.2 Å². The fourth-order valence-corrected chi connectivity index (χ4v) is 4.56. The summed E-state index contributed by atoms with van der Waals surface area (Å²) >= 11 is 0. The van der Waals surface area contributed by atoms with Crippen molar-refractivity contribution in [2.45, 2.75) is 44.2 Å². The lowest BCUT2D eigenvalue weighted by molar-refractivity contribution is 0.0269. The standard InChI is InChI=1S/C18H22N4O2/c23-18(21-10-12-2-1-3-16(12)21)13-8-15-17(19-9-13)22(11-20-15)14-4-6-24-7-5-14/h8-9,11-12,14,16H,1-7,10H2/t12-,16-/m0/s1. The molecule has 6 heteroatoms. The molecular weight excluding hydrogens is 304 g/mol. The molecule has 0 bridgehead atoms. The number of rotatable bonds is 2. The van der Waals surface area contributed by atoms with Crippen molar-refractivity contribution in [3.8, 4) is 0 Å². The normalized spacial score (nSPS) is 27.2. The Bertz CT molecular complexity index is 780. The molecule has 1 saturated carbocycles. The monoisotopic (exact) mass is 326 g/mol. The first kappa shape index (κ1) is 14.4. The molecule has 1 aliphatic carbocycles. The molecular formula is C18H22N4O2. The van der Waals surface area contributed by atoms with Crippen molar-refractivity contribution < 1.29 is 9.53 Å². The van der Waals surface area contributed by atoms with Gasteiger partial charge in [-0.05, 0) is 37.7 Å². The second-order valence-corrected chi connectivity index (χ2v) is 7.28. The second kappa shape index (κ2) is 5.55. The largest absolute Gasteiger partial charge is 0.381 e. The van der Waals surface area contributed by atoms with Crippen molar-refractivity contribution in [1.82, 2.24) is 19.4 Å². The van der Waals surface area contributed by atoms with Crippen LogP contribution in [0.3, 0.4) is 0 Å². The Morgan fingerprint density at radius 3 is 2.88 bits per heavy atom. The summed E-state index contributed by atoms with van der Waals surface area (Å²) in [6.45, 7) is 2.49. The van der Waals surface area contributed by atoms with Gasteiger partial charge in [-0.3, -0.25) is 4.79 Å². The molecule has 2 aliphatic heterocycles. The molecule has 0 N–H and O–H groups in total. The zero-order valence-electron chi connectivity index (χ0n) is 13.7. The minimum absolute atomic E-state index is 0.119. The third-order valence-electron chi connectivity index (χ3n) is 5.96. The van der Waals surface area contributed by atoms with Gasteiger partial charge in [0.25, 0.3) is 5.91 Å². The lowest BCUT2D eigenvalue weighted by Gasteiger charge is -2.44. The van der Waals surface area contributed by atoms with E-state index in [0.29, 0.717) is 17.6 Å². The van der Waals surface area contributed by atoms with Crippen molar-refractivity contribution in [2.75, 3.05) is 19.8 Å². The van der Waals surface area contributed by atoms with Crippen LogP contribution in [-0.2, 0) is 4.74 Å². The van der Waals surface area contributed by atoms with E-state index in [2.05, 4.69) is 14.5 Å². The first-order valence-corrected chi connectivity index (χ1v) is 9.02. The zero-order valence-corrected chi connectivity index (χ0v) is 13.7. The van der Waals surface area contributed by atoms with E-state index in [1.54, 1.807) is 6.20 Å². The predicted molar refractivity (Wildman–Crippen MR) is 88.8 cm³/mol. The summed E-state index contributed by atoms with van der Waals surface area (Å²) in [4.78, 5) is 23.9. The fourth-order valence-electron chi connectivity index (χ4n) is 4.56. The summed E-state index contributed by atoms with van der Waals surface area (Å²) < 4.78 is 7.58. The Balaban J connectivity index is 1.41. The van der Waals surface area contributed by atoms with E-state index in [1.165, 1.54) is 12.8 Å². The van der Waals surface area contributed by atoms with Gasteiger partial charge in [-0.15, -0.1) is 0 Å². The van der Waals surface area contributed by atoms with E-state index < -0.39 is 0 Å². The van der Waals surface area contributed by atoms with Gasteiger partial charge in [-0.1, -0.05) is 6.42 Å². The number of nitrogens with zero attached hydrogens (tertiary/aromatic N) is 4. The second-order valence-electron chi connectivity index (χ2n) is 7.28. The Morgan fingerprint density at radius 1 is 1.17 bits per heavy atom. The molecule has 2 aromatic heterocycles. The van der Waals surface area contributed by atoms with Crippen molar-refractivity contribution in [3.63, 3.8) is 0 Å². The lowest BCUT2D eigenvalue weighted by Crippen LogP contribution is -2.55. The Hall–Kier alpha value is -1.95. The molecule has 24 heavy (non-hydrogen) atoms. The minimum Gasteiger partial charge on any atom is -0.381 e. The van der Waals surface area contributed by atoms with Crippen LogP contribution >= 0.6 is 0 Å². The molecule has 6 nitrogen and oxygen atoms in total. The lowest BCUT2D eigenvalue weighted by atomic mass is 9.91. The van der Waals surface area contributed by atoms with Crippen LogP contribution < -0.4 is 0 Å². The maximum absolute atomic E-state index is 12.8. The number of pyridine rings is 1. The average Bonchev–Trinajstić information content (AvgIpc) is 3.19. The zero-order chi connectivity index (χ0) is 16.1. The fraction of sp³-hybridized carbons (Fsp3) is 0.611. The SMILES string of the molecule is O=C(c1cnc2c(c1)ncn2C1CCOCC1)N1C[C@@H]2CCC[C@@H]21. The van der Waals surface area contributed by atoms with Crippen molar-refractivity contribution in [2.24, 2.45) is 5.92 Å². The number of amides is 1. The number of ether oxygens (including phenoxy) is 1. The minimum atomic E-state index is 0.119. The summed E-state index contributed by atoms with van der Waals surface area (Å²) in [5.74, 6) is 0.853. The van der Waals surface area contributed by atoms with Crippen LogP contribution in [0.15, 0.2) is 18.6 Å². The van der Waals surface area contributed by atoms with Crippen LogP contribution in [0, 0.1) is 5.92 Å². The molecule has 0 unspecified atom stereocenters. The van der Waals surface area contributed by atoms with Crippen molar-refractivity contribution >= 4 is 17.1 Å². The van der Waals surface area contributed by atoms with Crippen molar-refractivity contribution in [1.29, 1.82) is 0 Å². The highest BCUT2D eigenvalue weighted by molar-refractivity contribution is 5.97. The van der Waals surface area contributed by atoms with Crippen LogP contribution in [0.5, 0.6) is 0 Å². The van der Waals surface area contributed by atoms with Gasteiger partial charge in [0.1, 0.15) is 5.52 Å². The summed E-state index contributed by atoms with van der Waals surface area (Å²) in [7, 11) is 0.